The number of halogens is 1. The molecule has 2 aromatic rings. The van der Waals surface area contributed by atoms with E-state index in [-0.39, 0.29) is 11.7 Å². The van der Waals surface area contributed by atoms with Crippen molar-refractivity contribution in [3.8, 4) is 0 Å². The average Bonchev–Trinajstić information content (AvgIpc) is 2.42. The van der Waals surface area contributed by atoms with Crippen molar-refractivity contribution in [3.63, 3.8) is 0 Å². The fourth-order valence-electron chi connectivity index (χ4n) is 1.98. The molecule has 2 rings (SSSR count). The van der Waals surface area contributed by atoms with Crippen molar-refractivity contribution in [3.05, 3.63) is 53.3 Å². The van der Waals surface area contributed by atoms with Gasteiger partial charge in [-0.15, -0.1) is 0 Å². The van der Waals surface area contributed by atoms with Crippen LogP contribution in [0.2, 0.25) is 0 Å². The second kappa shape index (κ2) is 5.83. The molecule has 0 saturated carbocycles. The number of nitrogen functional groups attached to an aromatic ring is 1. The number of rotatable bonds is 3. The van der Waals surface area contributed by atoms with Crippen LogP contribution >= 0.6 is 0 Å². The molecule has 0 aliphatic heterocycles. The van der Waals surface area contributed by atoms with Gasteiger partial charge in [0.05, 0.1) is 11.4 Å². The van der Waals surface area contributed by atoms with E-state index in [0.29, 0.717) is 16.9 Å². The fraction of sp³-hybridized carbons (Fsp3) is 0.188. The number of carbonyl (C=O) groups is 1. The molecule has 0 aliphatic carbocycles. The van der Waals surface area contributed by atoms with Crippen molar-refractivity contribution in [1.82, 2.24) is 4.90 Å². The lowest BCUT2D eigenvalue weighted by Crippen LogP contribution is -2.21. The first-order chi connectivity index (χ1) is 9.88. The molecule has 21 heavy (non-hydrogen) atoms. The van der Waals surface area contributed by atoms with Gasteiger partial charge in [-0.3, -0.25) is 4.79 Å². The van der Waals surface area contributed by atoms with Gasteiger partial charge in [0.2, 0.25) is 0 Å². The molecule has 0 unspecified atom stereocenters. The highest BCUT2D eigenvalue weighted by Gasteiger charge is 2.10. The first-order valence-electron chi connectivity index (χ1n) is 6.53. The summed E-state index contributed by atoms with van der Waals surface area (Å²) in [4.78, 5) is 13.4. The third kappa shape index (κ3) is 3.31. The Hall–Kier alpha value is -2.56. The molecular weight excluding hydrogens is 269 g/mol. The van der Waals surface area contributed by atoms with Crippen LogP contribution in [0.1, 0.15) is 15.9 Å². The largest absolute Gasteiger partial charge is 0.397 e. The monoisotopic (exact) mass is 287 g/mol. The third-order valence-electron chi connectivity index (χ3n) is 3.16. The molecule has 0 spiro atoms. The molecule has 3 N–H and O–H groups in total. The Labute approximate surface area is 123 Å². The summed E-state index contributed by atoms with van der Waals surface area (Å²) in [6, 6.07) is 9.57. The summed E-state index contributed by atoms with van der Waals surface area (Å²) < 4.78 is 13.1. The molecule has 2 aromatic carbocycles. The Kier molecular flexibility index (Phi) is 4.12. The predicted octanol–water partition coefficient (Wildman–Crippen LogP) is 3.16. The van der Waals surface area contributed by atoms with Crippen LogP contribution in [0.4, 0.5) is 21.5 Å². The van der Waals surface area contributed by atoms with Crippen LogP contribution < -0.4 is 11.1 Å². The topological polar surface area (TPSA) is 58.4 Å². The third-order valence-corrected chi connectivity index (χ3v) is 3.16. The predicted molar refractivity (Wildman–Crippen MR) is 83.3 cm³/mol. The van der Waals surface area contributed by atoms with Crippen molar-refractivity contribution in [2.45, 2.75) is 6.92 Å². The van der Waals surface area contributed by atoms with Crippen LogP contribution in [0.5, 0.6) is 0 Å². The molecule has 0 radical (unpaired) electrons. The Balaban J connectivity index is 2.27. The number of carbonyl (C=O) groups excluding carboxylic acids is 1. The fourth-order valence-corrected chi connectivity index (χ4v) is 1.98. The highest BCUT2D eigenvalue weighted by molar-refractivity contribution is 5.96. The van der Waals surface area contributed by atoms with E-state index in [1.807, 2.05) is 6.92 Å². The molecule has 0 fully saturated rings. The zero-order chi connectivity index (χ0) is 15.6. The van der Waals surface area contributed by atoms with E-state index in [9.17, 15) is 9.18 Å². The summed E-state index contributed by atoms with van der Waals surface area (Å²) in [5.41, 5.74) is 9.20. The Morgan fingerprint density at radius 1 is 1.14 bits per heavy atom. The Bertz CT molecular complexity index is 683. The summed E-state index contributed by atoms with van der Waals surface area (Å²) in [5, 5.41) is 3.15. The molecule has 4 nitrogen and oxygen atoms in total. The number of nitrogens with zero attached hydrogens (tertiary/aromatic N) is 1. The SMILES string of the molecule is Cc1cc(F)ccc1Nc1ccc(C(=O)N(C)C)cc1N. The second-order valence-electron chi connectivity index (χ2n) is 5.09. The second-order valence-corrected chi connectivity index (χ2v) is 5.09. The van der Waals surface area contributed by atoms with Gasteiger partial charge < -0.3 is 16.0 Å². The molecule has 0 aliphatic rings. The minimum atomic E-state index is -0.280. The van der Waals surface area contributed by atoms with E-state index >= 15 is 0 Å². The van der Waals surface area contributed by atoms with Gasteiger partial charge in [-0.05, 0) is 48.9 Å². The van der Waals surface area contributed by atoms with Gasteiger partial charge in [-0.1, -0.05) is 0 Å². The van der Waals surface area contributed by atoms with E-state index in [0.717, 1.165) is 11.3 Å². The van der Waals surface area contributed by atoms with Gasteiger partial charge in [0.1, 0.15) is 5.82 Å². The minimum absolute atomic E-state index is 0.105. The molecule has 0 atom stereocenters. The normalized spacial score (nSPS) is 10.3. The molecule has 110 valence electrons. The van der Waals surface area contributed by atoms with E-state index in [2.05, 4.69) is 5.32 Å². The first kappa shape index (κ1) is 14.8. The van der Waals surface area contributed by atoms with Crippen molar-refractivity contribution in [2.24, 2.45) is 0 Å². The number of hydrogen-bond donors (Lipinski definition) is 2. The van der Waals surface area contributed by atoms with Crippen LogP contribution in [-0.4, -0.2) is 24.9 Å². The average molecular weight is 287 g/mol. The molecule has 1 amide bonds. The van der Waals surface area contributed by atoms with Crippen LogP contribution in [0, 0.1) is 12.7 Å². The number of nitrogens with one attached hydrogen (secondary N) is 1. The first-order valence-corrected chi connectivity index (χ1v) is 6.53. The molecule has 0 aromatic heterocycles. The van der Waals surface area contributed by atoms with Gasteiger partial charge in [0.15, 0.2) is 0 Å². The lowest BCUT2D eigenvalue weighted by atomic mass is 10.1. The highest BCUT2D eigenvalue weighted by atomic mass is 19.1. The summed E-state index contributed by atoms with van der Waals surface area (Å²) in [7, 11) is 3.37. The number of hydrogen-bond acceptors (Lipinski definition) is 3. The maximum absolute atomic E-state index is 13.1. The lowest BCUT2D eigenvalue weighted by molar-refractivity contribution is 0.0827. The standard InChI is InChI=1S/C16H18FN3O/c1-10-8-12(17)5-7-14(10)19-15-6-4-11(9-13(15)18)16(21)20(2)3/h4-9,19H,18H2,1-3H3. The van der Waals surface area contributed by atoms with Crippen LogP contribution in [0.25, 0.3) is 0 Å². The Morgan fingerprint density at radius 3 is 2.38 bits per heavy atom. The number of aryl methyl sites for hydroxylation is 1. The number of benzene rings is 2. The maximum atomic E-state index is 13.1. The number of anilines is 3. The highest BCUT2D eigenvalue weighted by Crippen LogP contribution is 2.26. The van der Waals surface area contributed by atoms with Crippen molar-refractivity contribution < 1.29 is 9.18 Å². The summed E-state index contributed by atoms with van der Waals surface area (Å²) in [6.45, 7) is 1.81. The van der Waals surface area contributed by atoms with E-state index in [4.69, 9.17) is 5.73 Å². The summed E-state index contributed by atoms with van der Waals surface area (Å²) >= 11 is 0. The molecule has 5 heteroatoms. The van der Waals surface area contributed by atoms with Crippen LogP contribution in [0.3, 0.4) is 0 Å². The maximum Gasteiger partial charge on any atom is 0.253 e. The zero-order valence-corrected chi connectivity index (χ0v) is 12.3. The van der Waals surface area contributed by atoms with E-state index in [1.165, 1.54) is 17.0 Å². The molecule has 0 heterocycles. The van der Waals surface area contributed by atoms with Gasteiger partial charge >= 0.3 is 0 Å². The van der Waals surface area contributed by atoms with Crippen molar-refractivity contribution >= 4 is 23.0 Å². The summed E-state index contributed by atoms with van der Waals surface area (Å²) in [6.07, 6.45) is 0. The summed E-state index contributed by atoms with van der Waals surface area (Å²) in [5.74, 6) is -0.385. The zero-order valence-electron chi connectivity index (χ0n) is 12.3. The van der Waals surface area contributed by atoms with Gasteiger partial charge in [-0.25, -0.2) is 4.39 Å². The van der Waals surface area contributed by atoms with Gasteiger partial charge in [0, 0.05) is 25.3 Å². The smallest absolute Gasteiger partial charge is 0.253 e. The van der Waals surface area contributed by atoms with Gasteiger partial charge in [-0.2, -0.15) is 0 Å². The quantitative estimate of drug-likeness (QED) is 0.853. The van der Waals surface area contributed by atoms with E-state index < -0.39 is 0 Å². The van der Waals surface area contributed by atoms with Gasteiger partial charge in [0.25, 0.3) is 5.91 Å². The number of amides is 1. The van der Waals surface area contributed by atoms with Crippen molar-refractivity contribution in [1.29, 1.82) is 0 Å². The van der Waals surface area contributed by atoms with Crippen LogP contribution in [-0.2, 0) is 0 Å². The molecule has 0 saturated heterocycles. The molecular formula is C16H18FN3O. The van der Waals surface area contributed by atoms with Crippen molar-refractivity contribution in [2.75, 3.05) is 25.1 Å². The molecule has 0 bridgehead atoms. The van der Waals surface area contributed by atoms with E-state index in [1.54, 1.807) is 38.4 Å². The number of nitrogens with two attached hydrogens (primary N) is 1. The van der Waals surface area contributed by atoms with Crippen LogP contribution in [0.15, 0.2) is 36.4 Å². The Morgan fingerprint density at radius 2 is 1.81 bits per heavy atom. The minimum Gasteiger partial charge on any atom is -0.397 e. The lowest BCUT2D eigenvalue weighted by Gasteiger charge is -2.14.